The van der Waals surface area contributed by atoms with Crippen molar-refractivity contribution in [1.82, 2.24) is 20.1 Å². The van der Waals surface area contributed by atoms with Crippen LogP contribution in [0.5, 0.6) is 0 Å². The summed E-state index contributed by atoms with van der Waals surface area (Å²) in [5, 5.41) is 14.1. The summed E-state index contributed by atoms with van der Waals surface area (Å²) in [6.45, 7) is 3.35. The van der Waals surface area contributed by atoms with Gasteiger partial charge in [-0.05, 0) is 41.3 Å². The number of carbonyl (C=O) groups is 1. The highest BCUT2D eigenvalue weighted by atomic mass is 16.2. The van der Waals surface area contributed by atoms with Crippen LogP contribution >= 0.6 is 0 Å². The van der Waals surface area contributed by atoms with E-state index in [2.05, 4.69) is 31.9 Å². The number of fused-ring (bicyclic) bond motifs is 3. The maximum atomic E-state index is 12.7. The van der Waals surface area contributed by atoms with Crippen molar-refractivity contribution < 1.29 is 10.1 Å². The number of pyridine rings is 1. The number of amides is 2. The first kappa shape index (κ1) is 16.9. The second-order valence-electron chi connectivity index (χ2n) is 7.32. The van der Waals surface area contributed by atoms with Gasteiger partial charge in [0.05, 0.1) is 18.8 Å². The maximum Gasteiger partial charge on any atom is 0.322 e. The molecule has 2 aliphatic heterocycles. The number of aromatic nitrogens is 3. The summed E-state index contributed by atoms with van der Waals surface area (Å²) >= 11 is 0. The van der Waals surface area contributed by atoms with Gasteiger partial charge in [0.2, 0.25) is 0 Å². The van der Waals surface area contributed by atoms with Crippen LogP contribution in [0.2, 0.25) is 0 Å². The first-order valence-corrected chi connectivity index (χ1v) is 9.76. The molecular formula is C21H23N6O+. The topological polar surface area (TPSA) is 90.5 Å². The van der Waals surface area contributed by atoms with Crippen LogP contribution in [0.15, 0.2) is 42.6 Å². The summed E-state index contributed by atoms with van der Waals surface area (Å²) in [5.74, 6) is 0. The minimum absolute atomic E-state index is 0.0742. The highest BCUT2D eigenvalue weighted by molar-refractivity contribution is 5.93. The van der Waals surface area contributed by atoms with Gasteiger partial charge in [-0.15, -0.1) is 0 Å². The normalized spacial score (nSPS) is 16.6. The number of para-hydroxylation sites is 1. The fourth-order valence-corrected chi connectivity index (χ4v) is 4.10. The van der Waals surface area contributed by atoms with Gasteiger partial charge in [0.25, 0.3) is 0 Å². The van der Waals surface area contributed by atoms with Crippen molar-refractivity contribution in [2.24, 2.45) is 0 Å². The van der Waals surface area contributed by atoms with Crippen molar-refractivity contribution in [3.05, 3.63) is 59.4 Å². The van der Waals surface area contributed by atoms with Crippen molar-refractivity contribution in [2.45, 2.75) is 19.4 Å². The standard InChI is InChI=1S/C21H22N6O/c28-21(24-16-4-2-1-3-5-16)27-11-8-17-15(13-27)12-23-20-18(17)19(25-26-20)14-6-9-22-10-7-14/h1-6,12,22H,7-11,13H2,(H,24,28)(H,23,25,26)/p+1. The van der Waals surface area contributed by atoms with Crippen molar-refractivity contribution >= 4 is 28.3 Å². The lowest BCUT2D eigenvalue weighted by molar-refractivity contribution is -0.646. The Morgan fingerprint density at radius 2 is 2.11 bits per heavy atom. The molecule has 2 aromatic heterocycles. The number of nitrogens with two attached hydrogens (primary N) is 1. The predicted octanol–water partition coefficient (Wildman–Crippen LogP) is 1.90. The molecule has 28 heavy (non-hydrogen) atoms. The molecule has 142 valence electrons. The number of aromatic amines is 1. The monoisotopic (exact) mass is 375 g/mol. The Morgan fingerprint density at radius 3 is 2.93 bits per heavy atom. The number of quaternary nitrogens is 1. The summed E-state index contributed by atoms with van der Waals surface area (Å²) in [7, 11) is 0. The second kappa shape index (κ2) is 7.09. The van der Waals surface area contributed by atoms with E-state index < -0.39 is 0 Å². The van der Waals surface area contributed by atoms with E-state index in [1.54, 1.807) is 0 Å². The smallest absolute Gasteiger partial charge is 0.322 e. The Labute approximate surface area is 162 Å². The van der Waals surface area contributed by atoms with Gasteiger partial charge >= 0.3 is 6.03 Å². The molecule has 0 spiro atoms. The minimum atomic E-state index is -0.0742. The van der Waals surface area contributed by atoms with Crippen LogP contribution in [-0.2, 0) is 13.0 Å². The molecule has 4 N–H and O–H groups in total. The number of H-pyrrole nitrogens is 1. The molecule has 0 saturated heterocycles. The number of hydrogen-bond donors (Lipinski definition) is 3. The van der Waals surface area contributed by atoms with Gasteiger partial charge in [-0.25, -0.2) is 9.78 Å². The van der Waals surface area contributed by atoms with Crippen molar-refractivity contribution in [1.29, 1.82) is 0 Å². The number of hydrogen-bond acceptors (Lipinski definition) is 3. The van der Waals surface area contributed by atoms with Crippen LogP contribution in [0.3, 0.4) is 0 Å². The van der Waals surface area contributed by atoms with E-state index in [9.17, 15) is 4.79 Å². The molecule has 3 aromatic rings. The van der Waals surface area contributed by atoms with Crippen LogP contribution in [0.25, 0.3) is 16.6 Å². The lowest BCUT2D eigenvalue weighted by Crippen LogP contribution is -2.84. The number of carbonyl (C=O) groups excluding carboxylic acids is 1. The maximum absolute atomic E-state index is 12.7. The zero-order valence-corrected chi connectivity index (χ0v) is 15.6. The van der Waals surface area contributed by atoms with Gasteiger partial charge in [-0.1, -0.05) is 18.2 Å². The number of nitrogens with one attached hydrogen (secondary N) is 2. The zero-order chi connectivity index (χ0) is 18.9. The predicted molar refractivity (Wildman–Crippen MR) is 108 cm³/mol. The summed E-state index contributed by atoms with van der Waals surface area (Å²) in [6.07, 6.45) is 5.99. The molecule has 0 bridgehead atoms. The molecule has 1 aromatic carbocycles. The largest absolute Gasteiger partial charge is 0.343 e. The Morgan fingerprint density at radius 1 is 1.21 bits per heavy atom. The summed E-state index contributed by atoms with van der Waals surface area (Å²) in [5.41, 5.74) is 6.39. The summed E-state index contributed by atoms with van der Waals surface area (Å²) in [6, 6.07) is 9.49. The molecule has 2 aliphatic rings. The third-order valence-electron chi connectivity index (χ3n) is 5.55. The van der Waals surface area contributed by atoms with Gasteiger partial charge in [0.1, 0.15) is 0 Å². The molecule has 0 fully saturated rings. The fourth-order valence-electron chi connectivity index (χ4n) is 4.10. The molecule has 0 unspecified atom stereocenters. The van der Waals surface area contributed by atoms with E-state index in [0.29, 0.717) is 13.1 Å². The van der Waals surface area contributed by atoms with Crippen molar-refractivity contribution in [3.63, 3.8) is 0 Å². The second-order valence-corrected chi connectivity index (χ2v) is 7.32. The molecule has 0 saturated carbocycles. The Kier molecular flexibility index (Phi) is 4.29. The average Bonchev–Trinajstić information content (AvgIpc) is 3.19. The Hall–Kier alpha value is -3.19. The van der Waals surface area contributed by atoms with E-state index in [-0.39, 0.29) is 6.03 Å². The van der Waals surface area contributed by atoms with Gasteiger partial charge in [-0.3, -0.25) is 5.10 Å². The minimum Gasteiger partial charge on any atom is -0.343 e. The summed E-state index contributed by atoms with van der Waals surface area (Å²) in [4.78, 5) is 19.1. The quantitative estimate of drug-likeness (QED) is 0.639. The fraction of sp³-hybridized carbons (Fsp3) is 0.286. The van der Waals surface area contributed by atoms with Crippen LogP contribution in [0, 0.1) is 0 Å². The lowest BCUT2D eigenvalue weighted by Gasteiger charge is -2.29. The van der Waals surface area contributed by atoms with E-state index in [1.807, 2.05) is 41.4 Å². The molecule has 4 heterocycles. The number of benzene rings is 1. The molecule has 0 aliphatic carbocycles. The number of rotatable bonds is 2. The van der Waals surface area contributed by atoms with Crippen LogP contribution < -0.4 is 10.6 Å². The van der Waals surface area contributed by atoms with Crippen molar-refractivity contribution in [2.75, 3.05) is 25.0 Å². The van der Waals surface area contributed by atoms with E-state index >= 15 is 0 Å². The third kappa shape index (κ3) is 3.03. The first-order valence-electron chi connectivity index (χ1n) is 9.76. The van der Waals surface area contributed by atoms with Crippen LogP contribution in [0.4, 0.5) is 10.5 Å². The zero-order valence-electron chi connectivity index (χ0n) is 15.6. The molecule has 2 amide bonds. The van der Waals surface area contributed by atoms with E-state index in [1.165, 1.54) is 11.1 Å². The molecule has 0 atom stereocenters. The summed E-state index contributed by atoms with van der Waals surface area (Å²) < 4.78 is 0. The van der Waals surface area contributed by atoms with Gasteiger partial charge in [0.15, 0.2) is 5.65 Å². The van der Waals surface area contributed by atoms with Gasteiger partial charge < -0.3 is 15.5 Å². The molecule has 7 heteroatoms. The number of urea groups is 1. The van der Waals surface area contributed by atoms with Crippen LogP contribution in [-0.4, -0.2) is 45.7 Å². The van der Waals surface area contributed by atoms with E-state index in [4.69, 9.17) is 0 Å². The SMILES string of the molecule is O=C(Nc1ccccc1)N1CCc2c(cnc3n[nH]c(C4=CC[NH2+]CC4)c23)C1. The first-order chi connectivity index (χ1) is 13.8. The van der Waals surface area contributed by atoms with Gasteiger partial charge in [-0.2, -0.15) is 5.10 Å². The third-order valence-corrected chi connectivity index (χ3v) is 5.55. The number of nitrogens with zero attached hydrogens (tertiary/aromatic N) is 3. The number of anilines is 1. The Bertz CT molecular complexity index is 1060. The van der Waals surface area contributed by atoms with Gasteiger partial charge in [0, 0.05) is 36.8 Å². The van der Waals surface area contributed by atoms with E-state index in [0.717, 1.165) is 53.9 Å². The molecule has 7 nitrogen and oxygen atoms in total. The molecular weight excluding hydrogens is 352 g/mol. The van der Waals surface area contributed by atoms with Crippen molar-refractivity contribution in [3.8, 4) is 0 Å². The molecule has 5 rings (SSSR count). The average molecular weight is 375 g/mol. The molecule has 0 radical (unpaired) electrons. The van der Waals surface area contributed by atoms with Crippen LogP contribution in [0.1, 0.15) is 23.2 Å². The highest BCUT2D eigenvalue weighted by Crippen LogP contribution is 2.31. The highest BCUT2D eigenvalue weighted by Gasteiger charge is 2.26. The Balaban J connectivity index is 1.43. The lowest BCUT2D eigenvalue weighted by atomic mass is 9.94.